The Kier molecular flexibility index (Phi) is 2.90. The van der Waals surface area contributed by atoms with Crippen LogP contribution in [0.25, 0.3) is 10.9 Å². The zero-order chi connectivity index (χ0) is 12.7. The van der Waals surface area contributed by atoms with Crippen LogP contribution in [-0.2, 0) is 19.5 Å². The van der Waals surface area contributed by atoms with Crippen molar-refractivity contribution in [3.05, 3.63) is 35.0 Å². The predicted molar refractivity (Wildman–Crippen MR) is 77.1 cm³/mol. The Hall–Kier alpha value is -1.28. The van der Waals surface area contributed by atoms with Gasteiger partial charge >= 0.3 is 0 Å². The Morgan fingerprint density at radius 2 is 2.17 bits per heavy atom. The maximum absolute atomic E-state index is 3.49. The van der Waals surface area contributed by atoms with Gasteiger partial charge in [-0.1, -0.05) is 26.8 Å². The van der Waals surface area contributed by atoms with Crippen LogP contribution in [0.5, 0.6) is 0 Å². The highest BCUT2D eigenvalue weighted by Crippen LogP contribution is 2.30. The average Bonchev–Trinajstić information content (AvgIpc) is 2.71. The summed E-state index contributed by atoms with van der Waals surface area (Å²) in [5.41, 5.74) is 5.92. The lowest BCUT2D eigenvalue weighted by molar-refractivity contribution is 0.523. The number of aryl methyl sites for hydroxylation is 1. The van der Waals surface area contributed by atoms with Crippen molar-refractivity contribution in [1.29, 1.82) is 0 Å². The van der Waals surface area contributed by atoms with Crippen LogP contribution in [0.2, 0.25) is 0 Å². The van der Waals surface area contributed by atoms with E-state index in [-0.39, 0.29) is 0 Å². The van der Waals surface area contributed by atoms with E-state index in [1.165, 1.54) is 22.2 Å². The molecule has 0 spiro atoms. The minimum atomic E-state index is 0.606. The Labute approximate surface area is 109 Å². The molecule has 18 heavy (non-hydrogen) atoms. The first kappa shape index (κ1) is 11.8. The quantitative estimate of drug-likeness (QED) is 0.853. The summed E-state index contributed by atoms with van der Waals surface area (Å²) in [6, 6.07) is 7.02. The van der Waals surface area contributed by atoms with Crippen molar-refractivity contribution in [2.24, 2.45) is 0 Å². The highest BCUT2D eigenvalue weighted by molar-refractivity contribution is 5.86. The van der Waals surface area contributed by atoms with Gasteiger partial charge in [0.15, 0.2) is 0 Å². The Balaban J connectivity index is 2.28. The maximum atomic E-state index is 3.49. The number of nitrogens with one attached hydrogen (secondary N) is 1. The largest absolute Gasteiger partial charge is 0.342 e. The van der Waals surface area contributed by atoms with Gasteiger partial charge in [-0.25, -0.2) is 0 Å². The van der Waals surface area contributed by atoms with Gasteiger partial charge in [0.05, 0.1) is 0 Å². The minimum Gasteiger partial charge on any atom is -0.342 e. The smallest absolute Gasteiger partial charge is 0.0486 e. The third-order valence-electron chi connectivity index (χ3n) is 4.14. The second kappa shape index (κ2) is 4.43. The fourth-order valence-corrected chi connectivity index (χ4v) is 3.10. The van der Waals surface area contributed by atoms with Gasteiger partial charge in [-0.05, 0) is 35.6 Å². The van der Waals surface area contributed by atoms with Crippen LogP contribution < -0.4 is 5.32 Å². The zero-order valence-corrected chi connectivity index (χ0v) is 11.6. The number of fused-ring (bicyclic) bond motifs is 3. The van der Waals surface area contributed by atoms with E-state index in [1.807, 2.05) is 0 Å². The molecule has 0 radical (unpaired) electrons. The van der Waals surface area contributed by atoms with E-state index >= 15 is 0 Å². The zero-order valence-electron chi connectivity index (χ0n) is 11.6. The van der Waals surface area contributed by atoms with Crippen LogP contribution in [0.15, 0.2) is 18.2 Å². The molecule has 2 aromatic rings. The van der Waals surface area contributed by atoms with E-state index in [2.05, 4.69) is 48.9 Å². The summed E-state index contributed by atoms with van der Waals surface area (Å²) >= 11 is 0. The third kappa shape index (κ3) is 1.67. The Bertz CT molecular complexity index is 578. The third-order valence-corrected chi connectivity index (χ3v) is 4.14. The van der Waals surface area contributed by atoms with Crippen molar-refractivity contribution >= 4 is 10.9 Å². The van der Waals surface area contributed by atoms with E-state index in [0.717, 1.165) is 26.1 Å². The Morgan fingerprint density at radius 1 is 1.33 bits per heavy atom. The van der Waals surface area contributed by atoms with E-state index in [1.54, 1.807) is 5.56 Å². The molecule has 2 heteroatoms. The van der Waals surface area contributed by atoms with E-state index in [0.29, 0.717) is 5.92 Å². The number of hydrogen-bond acceptors (Lipinski definition) is 1. The number of benzene rings is 1. The van der Waals surface area contributed by atoms with Crippen LogP contribution in [0, 0.1) is 0 Å². The normalized spacial score (nSPS) is 15.3. The molecule has 96 valence electrons. The predicted octanol–water partition coefficient (Wildman–Crippen LogP) is 3.43. The van der Waals surface area contributed by atoms with Crippen LogP contribution in [-0.4, -0.2) is 11.1 Å². The van der Waals surface area contributed by atoms with Crippen molar-refractivity contribution < 1.29 is 0 Å². The van der Waals surface area contributed by atoms with Crippen molar-refractivity contribution in [3.8, 4) is 0 Å². The molecule has 1 aliphatic rings. The average molecular weight is 242 g/mol. The van der Waals surface area contributed by atoms with Gasteiger partial charge in [0.2, 0.25) is 0 Å². The summed E-state index contributed by atoms with van der Waals surface area (Å²) in [4.78, 5) is 0. The first-order valence-corrected chi connectivity index (χ1v) is 7.07. The number of hydrogen-bond donors (Lipinski definition) is 1. The molecule has 1 aromatic carbocycles. The summed E-state index contributed by atoms with van der Waals surface area (Å²) < 4.78 is 2.51. The summed E-state index contributed by atoms with van der Waals surface area (Å²) in [7, 11) is 0. The molecule has 3 rings (SSSR count). The fourth-order valence-electron chi connectivity index (χ4n) is 3.10. The van der Waals surface area contributed by atoms with E-state index < -0.39 is 0 Å². The summed E-state index contributed by atoms with van der Waals surface area (Å²) in [5, 5.41) is 4.97. The van der Waals surface area contributed by atoms with Crippen molar-refractivity contribution in [3.63, 3.8) is 0 Å². The van der Waals surface area contributed by atoms with Gasteiger partial charge in [-0.3, -0.25) is 0 Å². The number of aromatic nitrogens is 1. The summed E-state index contributed by atoms with van der Waals surface area (Å²) in [6.07, 6.45) is 1.13. The van der Waals surface area contributed by atoms with Gasteiger partial charge in [-0.15, -0.1) is 0 Å². The van der Waals surface area contributed by atoms with Crippen LogP contribution in [0.4, 0.5) is 0 Å². The van der Waals surface area contributed by atoms with Gasteiger partial charge in [-0.2, -0.15) is 0 Å². The number of nitrogens with zero attached hydrogens (tertiary/aromatic N) is 1. The maximum Gasteiger partial charge on any atom is 0.0486 e. The molecule has 0 saturated heterocycles. The van der Waals surface area contributed by atoms with Crippen LogP contribution in [0.3, 0.4) is 0 Å². The van der Waals surface area contributed by atoms with Crippen molar-refractivity contribution in [2.75, 3.05) is 6.54 Å². The molecule has 0 amide bonds. The molecule has 1 aliphatic heterocycles. The first-order chi connectivity index (χ1) is 8.72. The fraction of sp³-hybridized carbons (Fsp3) is 0.500. The lowest BCUT2D eigenvalue weighted by atomic mass is 9.99. The molecular formula is C16H22N2. The molecule has 1 N–H and O–H groups in total. The molecule has 1 aromatic heterocycles. The highest BCUT2D eigenvalue weighted by Gasteiger charge is 2.18. The molecule has 0 bridgehead atoms. The topological polar surface area (TPSA) is 17.0 Å². The van der Waals surface area contributed by atoms with Gasteiger partial charge in [0.25, 0.3) is 0 Å². The summed E-state index contributed by atoms with van der Waals surface area (Å²) in [5.74, 6) is 0.606. The van der Waals surface area contributed by atoms with Gasteiger partial charge in [0.1, 0.15) is 0 Å². The molecule has 0 unspecified atom stereocenters. The minimum absolute atomic E-state index is 0.606. The second-order valence-electron chi connectivity index (χ2n) is 5.54. The molecule has 0 aliphatic carbocycles. The van der Waals surface area contributed by atoms with Crippen molar-refractivity contribution in [2.45, 2.75) is 46.2 Å². The first-order valence-electron chi connectivity index (χ1n) is 7.07. The summed E-state index contributed by atoms with van der Waals surface area (Å²) in [6.45, 7) is 10.0. The Morgan fingerprint density at radius 3 is 2.89 bits per heavy atom. The van der Waals surface area contributed by atoms with E-state index in [9.17, 15) is 0 Å². The molecule has 0 atom stereocenters. The molecule has 2 heterocycles. The van der Waals surface area contributed by atoms with Gasteiger partial charge in [0, 0.05) is 36.2 Å². The standard InChI is InChI=1S/C16H22N2/c1-4-13-14-9-12(11(2)3)5-6-15(14)18-8-7-17-10-16(13)18/h5-6,9,11,17H,4,7-8,10H2,1-3H3. The SMILES string of the molecule is CCc1c2n(c3ccc(C(C)C)cc13)CCNC2. The van der Waals surface area contributed by atoms with E-state index in [4.69, 9.17) is 0 Å². The lowest BCUT2D eigenvalue weighted by Gasteiger charge is -2.18. The van der Waals surface area contributed by atoms with Crippen LogP contribution in [0.1, 0.15) is 43.5 Å². The number of rotatable bonds is 2. The van der Waals surface area contributed by atoms with Crippen molar-refractivity contribution in [1.82, 2.24) is 9.88 Å². The monoisotopic (exact) mass is 242 g/mol. The molecule has 2 nitrogen and oxygen atoms in total. The second-order valence-corrected chi connectivity index (χ2v) is 5.54. The lowest BCUT2D eigenvalue weighted by Crippen LogP contribution is -2.28. The van der Waals surface area contributed by atoms with Crippen LogP contribution >= 0.6 is 0 Å². The highest BCUT2D eigenvalue weighted by atomic mass is 15.1. The molecular weight excluding hydrogens is 220 g/mol. The molecule has 0 fully saturated rings. The van der Waals surface area contributed by atoms with Gasteiger partial charge < -0.3 is 9.88 Å². The molecule has 0 saturated carbocycles.